The average molecular weight is 547 g/mol. The van der Waals surface area contributed by atoms with Crippen molar-refractivity contribution >= 4 is 50.9 Å². The molecule has 190 valence electrons. The zero-order chi connectivity index (χ0) is 26.9. The molecule has 0 fully saturated rings. The maximum Gasteiger partial charge on any atom is 0.338 e. The zero-order valence-corrected chi connectivity index (χ0v) is 20.5. The summed E-state index contributed by atoms with van der Waals surface area (Å²) in [5, 5.41) is 14.1. The van der Waals surface area contributed by atoms with Crippen LogP contribution in [0, 0.1) is 21.7 Å². The molecule has 0 radical (unpaired) electrons. The summed E-state index contributed by atoms with van der Waals surface area (Å²) in [7, 11) is -3.04. The van der Waals surface area contributed by atoms with Crippen LogP contribution >= 0.6 is 11.8 Å². The number of halogens is 2. The maximum absolute atomic E-state index is 14.0. The molecule has 0 saturated carbocycles. The second-order valence-electron chi connectivity index (χ2n) is 7.70. The number of nitrogens with one attached hydrogen (secondary N) is 1. The van der Waals surface area contributed by atoms with Crippen molar-refractivity contribution in [1.82, 2.24) is 0 Å². The number of fused-ring (bicyclic) bond motifs is 1. The van der Waals surface area contributed by atoms with Gasteiger partial charge in [-0.1, -0.05) is 17.8 Å². The molecule has 1 aliphatic heterocycles. The van der Waals surface area contributed by atoms with E-state index in [9.17, 15) is 36.9 Å². The number of carbonyl (C=O) groups is 2. The smallest absolute Gasteiger partial charge is 0.338 e. The van der Waals surface area contributed by atoms with Crippen LogP contribution in [0.1, 0.15) is 21.5 Å². The highest BCUT2D eigenvalue weighted by molar-refractivity contribution is 8.04. The Morgan fingerprint density at radius 1 is 1.14 bits per heavy atom. The van der Waals surface area contributed by atoms with Crippen molar-refractivity contribution in [2.24, 2.45) is 0 Å². The highest BCUT2D eigenvalue weighted by Crippen LogP contribution is 2.41. The molecule has 1 heterocycles. The van der Waals surface area contributed by atoms with Gasteiger partial charge in [0.15, 0.2) is 9.84 Å². The molecule has 13 heteroatoms. The lowest BCUT2D eigenvalue weighted by Gasteiger charge is -2.19. The van der Waals surface area contributed by atoms with Gasteiger partial charge in [-0.3, -0.25) is 14.9 Å². The number of carbonyl (C=O) groups excluding carboxylic acids is 2. The van der Waals surface area contributed by atoms with E-state index in [0.717, 1.165) is 43.1 Å². The number of methoxy groups -OCH3 is 1. The van der Waals surface area contributed by atoms with Crippen LogP contribution in [-0.4, -0.2) is 32.3 Å². The summed E-state index contributed by atoms with van der Waals surface area (Å²) in [6.45, 7) is 0. The van der Waals surface area contributed by atoms with Crippen molar-refractivity contribution in [2.75, 3.05) is 12.4 Å². The highest BCUT2D eigenvalue weighted by atomic mass is 32.2. The minimum absolute atomic E-state index is 0.0103. The third-order valence-electron chi connectivity index (χ3n) is 5.33. The number of benzene rings is 3. The van der Waals surface area contributed by atoms with Gasteiger partial charge < -0.3 is 10.1 Å². The highest BCUT2D eigenvalue weighted by Gasteiger charge is 2.27. The predicted octanol–water partition coefficient (Wildman–Crippen LogP) is 4.72. The predicted molar refractivity (Wildman–Crippen MR) is 131 cm³/mol. The van der Waals surface area contributed by atoms with Gasteiger partial charge in [0.05, 0.1) is 44.4 Å². The van der Waals surface area contributed by atoms with Gasteiger partial charge in [-0.05, 0) is 48.5 Å². The van der Waals surface area contributed by atoms with E-state index >= 15 is 0 Å². The van der Waals surface area contributed by atoms with Crippen molar-refractivity contribution < 1.29 is 36.4 Å². The first kappa shape index (κ1) is 26.0. The first-order valence-electron chi connectivity index (χ1n) is 10.4. The van der Waals surface area contributed by atoms with Gasteiger partial charge in [-0.2, -0.15) is 0 Å². The lowest BCUT2D eigenvalue weighted by atomic mass is 10.1. The van der Waals surface area contributed by atoms with Gasteiger partial charge >= 0.3 is 5.97 Å². The minimum atomic E-state index is -4.17. The van der Waals surface area contributed by atoms with Gasteiger partial charge in [0, 0.05) is 16.5 Å². The Bertz CT molecular complexity index is 1580. The van der Waals surface area contributed by atoms with Crippen molar-refractivity contribution in [2.45, 2.75) is 15.5 Å². The van der Waals surface area contributed by atoms with E-state index in [-0.39, 0.29) is 20.9 Å². The molecule has 0 unspecified atom stereocenters. The number of sulfone groups is 1. The number of ether oxygens (including phenoxy) is 1. The zero-order valence-electron chi connectivity index (χ0n) is 18.9. The first-order chi connectivity index (χ1) is 17.5. The molecule has 1 aliphatic rings. The lowest BCUT2D eigenvalue weighted by molar-refractivity contribution is -0.385. The number of hydrogen-bond acceptors (Lipinski definition) is 8. The number of nitro benzene ring substituents is 1. The summed E-state index contributed by atoms with van der Waals surface area (Å²) in [4.78, 5) is 35.3. The molecule has 0 aromatic heterocycles. The number of anilines is 1. The van der Waals surface area contributed by atoms with Crippen molar-refractivity contribution in [1.29, 1.82) is 0 Å². The van der Waals surface area contributed by atoms with E-state index in [2.05, 4.69) is 10.1 Å². The van der Waals surface area contributed by atoms with Crippen LogP contribution in [-0.2, 0) is 25.1 Å². The fraction of sp³-hybridized carbons (Fsp3) is 0.0833. The third-order valence-corrected chi connectivity index (χ3v) is 8.06. The first-order valence-corrected chi connectivity index (χ1v) is 12.8. The van der Waals surface area contributed by atoms with Crippen molar-refractivity contribution in [3.63, 3.8) is 0 Å². The Morgan fingerprint density at radius 2 is 1.84 bits per heavy atom. The molecule has 0 aliphatic carbocycles. The molecule has 0 spiro atoms. The largest absolute Gasteiger partial charge is 0.465 e. The van der Waals surface area contributed by atoms with Crippen molar-refractivity contribution in [3.05, 3.63) is 97.9 Å². The summed E-state index contributed by atoms with van der Waals surface area (Å²) in [6.07, 6.45) is 1.23. The van der Waals surface area contributed by atoms with Crippen LogP contribution in [0.3, 0.4) is 0 Å². The maximum atomic E-state index is 14.0. The van der Waals surface area contributed by atoms with Gasteiger partial charge in [0.2, 0.25) is 0 Å². The SMILES string of the molecule is COC(=O)c1ccc(/C=C2/Sc3cc(S(=O)(=O)Cc4c(F)cccc4F)ccc3NC2=O)c([N+](=O)[O-])c1. The van der Waals surface area contributed by atoms with E-state index in [1.807, 2.05) is 0 Å². The summed E-state index contributed by atoms with van der Waals surface area (Å²) >= 11 is 0.860. The number of hydrogen-bond donors (Lipinski definition) is 1. The number of esters is 1. The number of rotatable bonds is 6. The van der Waals surface area contributed by atoms with Crippen LogP contribution < -0.4 is 5.32 Å². The van der Waals surface area contributed by atoms with Gasteiger partial charge in [0.25, 0.3) is 11.6 Å². The number of amides is 1. The monoisotopic (exact) mass is 546 g/mol. The molecule has 3 aromatic carbocycles. The quantitative estimate of drug-likeness (QED) is 0.203. The second kappa shape index (κ2) is 10.1. The third kappa shape index (κ3) is 5.37. The molecule has 0 bridgehead atoms. The Labute approximate surface area is 213 Å². The summed E-state index contributed by atoms with van der Waals surface area (Å²) in [5.41, 5.74) is -0.776. The molecular weight excluding hydrogens is 530 g/mol. The van der Waals surface area contributed by atoms with Crippen LogP contribution in [0.25, 0.3) is 6.08 Å². The van der Waals surface area contributed by atoms with E-state index in [1.54, 1.807) is 0 Å². The summed E-state index contributed by atoms with van der Waals surface area (Å²) in [6, 6.07) is 10.4. The fourth-order valence-electron chi connectivity index (χ4n) is 3.48. The van der Waals surface area contributed by atoms with Gasteiger partial charge in [-0.15, -0.1) is 0 Å². The molecule has 9 nitrogen and oxygen atoms in total. The number of nitrogens with zero attached hydrogens (tertiary/aromatic N) is 1. The Balaban J connectivity index is 1.69. The molecular formula is C24H16F2N2O7S2. The van der Waals surface area contributed by atoms with E-state index in [1.165, 1.54) is 36.4 Å². The van der Waals surface area contributed by atoms with Gasteiger partial charge in [-0.25, -0.2) is 22.0 Å². The minimum Gasteiger partial charge on any atom is -0.465 e. The molecule has 4 rings (SSSR count). The standard InChI is InChI=1S/C24H16F2N2O7S2/c1-35-24(30)14-6-5-13(20(9-14)28(31)32)10-22-23(29)27-19-8-7-15(11-21(19)36-22)37(33,34)12-16-17(25)3-2-4-18(16)26/h2-11H,12H2,1H3,(H,27,29)/b22-10+. The summed E-state index contributed by atoms with van der Waals surface area (Å²) in [5.74, 6) is -4.26. The lowest BCUT2D eigenvalue weighted by Crippen LogP contribution is -2.18. The Morgan fingerprint density at radius 3 is 2.49 bits per heavy atom. The fourth-order valence-corrected chi connectivity index (χ4v) is 5.93. The average Bonchev–Trinajstić information content (AvgIpc) is 2.86. The van der Waals surface area contributed by atoms with E-state index in [0.29, 0.717) is 10.6 Å². The molecule has 1 N–H and O–H groups in total. The number of nitro groups is 1. The van der Waals surface area contributed by atoms with E-state index in [4.69, 9.17) is 0 Å². The molecule has 1 amide bonds. The molecule has 37 heavy (non-hydrogen) atoms. The van der Waals surface area contributed by atoms with Crippen LogP contribution in [0.15, 0.2) is 69.3 Å². The molecule has 0 saturated heterocycles. The van der Waals surface area contributed by atoms with Gasteiger partial charge in [0.1, 0.15) is 11.6 Å². The van der Waals surface area contributed by atoms with Crippen LogP contribution in [0.2, 0.25) is 0 Å². The molecule has 0 atom stereocenters. The van der Waals surface area contributed by atoms with E-state index < -0.39 is 55.3 Å². The number of thioether (sulfide) groups is 1. The Kier molecular flexibility index (Phi) is 7.09. The molecule has 3 aromatic rings. The Hall–Kier alpha value is -4.10. The van der Waals surface area contributed by atoms with Crippen LogP contribution in [0.5, 0.6) is 0 Å². The second-order valence-corrected chi connectivity index (χ2v) is 10.8. The summed E-state index contributed by atoms with van der Waals surface area (Å²) < 4.78 is 58.4. The topological polar surface area (TPSA) is 133 Å². The van der Waals surface area contributed by atoms with Crippen LogP contribution in [0.4, 0.5) is 20.2 Å². The van der Waals surface area contributed by atoms with Crippen molar-refractivity contribution in [3.8, 4) is 0 Å². The normalized spacial score (nSPS) is 14.1.